The lowest BCUT2D eigenvalue weighted by atomic mass is 10.0. The highest BCUT2D eigenvalue weighted by atomic mass is 32.1. The molecule has 1 atom stereocenters. The number of thiazole rings is 1. The number of hydrogen-bond donors (Lipinski definition) is 2. The van der Waals surface area contributed by atoms with Crippen LogP contribution in [0.25, 0.3) is 0 Å². The molecule has 1 aromatic heterocycles. The van der Waals surface area contributed by atoms with Crippen LogP contribution in [0.2, 0.25) is 0 Å². The van der Waals surface area contributed by atoms with Gasteiger partial charge in [0.25, 0.3) is 0 Å². The van der Waals surface area contributed by atoms with E-state index >= 15 is 0 Å². The van der Waals surface area contributed by atoms with Crippen LogP contribution in [-0.2, 0) is 10.3 Å². The second kappa shape index (κ2) is 4.72. The van der Waals surface area contributed by atoms with Crippen LogP contribution in [-0.4, -0.2) is 17.4 Å². The lowest BCUT2D eigenvalue weighted by Crippen LogP contribution is -2.44. The summed E-state index contributed by atoms with van der Waals surface area (Å²) in [6.45, 7) is 6.05. The van der Waals surface area contributed by atoms with Crippen molar-refractivity contribution in [3.8, 4) is 0 Å². The Hall–Kier alpha value is -0.940. The van der Waals surface area contributed by atoms with Gasteiger partial charge in [0.1, 0.15) is 5.01 Å². The Balaban J connectivity index is 2.69. The Kier molecular flexibility index (Phi) is 3.82. The zero-order chi connectivity index (χ0) is 11.5. The first kappa shape index (κ1) is 12.1. The van der Waals surface area contributed by atoms with E-state index in [9.17, 15) is 4.79 Å². The van der Waals surface area contributed by atoms with E-state index in [1.165, 1.54) is 11.3 Å². The van der Waals surface area contributed by atoms with E-state index < -0.39 is 5.54 Å². The number of nitrogens with zero attached hydrogens (tertiary/aromatic N) is 1. The van der Waals surface area contributed by atoms with Gasteiger partial charge in [-0.2, -0.15) is 0 Å². The SMILES string of the molecule is CC(CN)C(=O)NC(C)(C)c1nccs1. The summed E-state index contributed by atoms with van der Waals surface area (Å²) in [5, 5.41) is 5.74. The van der Waals surface area contributed by atoms with Gasteiger partial charge in [-0.15, -0.1) is 11.3 Å². The van der Waals surface area contributed by atoms with Gasteiger partial charge in [0.05, 0.1) is 5.54 Å². The van der Waals surface area contributed by atoms with E-state index in [1.807, 2.05) is 26.2 Å². The number of carbonyl (C=O) groups is 1. The highest BCUT2D eigenvalue weighted by Gasteiger charge is 2.26. The molecule has 0 saturated carbocycles. The molecule has 1 rings (SSSR count). The number of carbonyl (C=O) groups excluding carboxylic acids is 1. The van der Waals surface area contributed by atoms with Gasteiger partial charge in [0.15, 0.2) is 0 Å². The van der Waals surface area contributed by atoms with Crippen LogP contribution in [0, 0.1) is 5.92 Å². The fourth-order valence-electron chi connectivity index (χ4n) is 1.12. The predicted molar refractivity (Wildman–Crippen MR) is 61.5 cm³/mol. The average molecular weight is 227 g/mol. The van der Waals surface area contributed by atoms with Crippen LogP contribution >= 0.6 is 11.3 Å². The standard InChI is InChI=1S/C10H17N3OS/c1-7(6-11)8(14)13-10(2,3)9-12-4-5-15-9/h4-5,7H,6,11H2,1-3H3,(H,13,14). The van der Waals surface area contributed by atoms with Crippen molar-refractivity contribution < 1.29 is 4.79 Å². The summed E-state index contributed by atoms with van der Waals surface area (Å²) in [4.78, 5) is 15.9. The Morgan fingerprint density at radius 1 is 1.73 bits per heavy atom. The number of rotatable bonds is 4. The van der Waals surface area contributed by atoms with Crippen LogP contribution in [0.15, 0.2) is 11.6 Å². The molecule has 0 fully saturated rings. The topological polar surface area (TPSA) is 68.0 Å². The highest BCUT2D eigenvalue weighted by molar-refractivity contribution is 7.09. The van der Waals surface area contributed by atoms with E-state index in [-0.39, 0.29) is 11.8 Å². The summed E-state index contributed by atoms with van der Waals surface area (Å²) >= 11 is 1.53. The summed E-state index contributed by atoms with van der Waals surface area (Å²) in [7, 11) is 0. The largest absolute Gasteiger partial charge is 0.344 e. The minimum absolute atomic E-state index is 0.0299. The smallest absolute Gasteiger partial charge is 0.224 e. The third-order valence-corrected chi connectivity index (χ3v) is 3.30. The molecule has 1 heterocycles. The van der Waals surface area contributed by atoms with Crippen LogP contribution in [0.1, 0.15) is 25.8 Å². The molecule has 0 aliphatic carbocycles. The monoisotopic (exact) mass is 227 g/mol. The fourth-order valence-corrected chi connectivity index (χ4v) is 1.84. The minimum atomic E-state index is -0.422. The van der Waals surface area contributed by atoms with Crippen molar-refractivity contribution in [1.29, 1.82) is 0 Å². The molecule has 3 N–H and O–H groups in total. The normalized spacial score (nSPS) is 13.6. The molecule has 1 aromatic rings. The first-order valence-corrected chi connectivity index (χ1v) is 5.77. The summed E-state index contributed by atoms with van der Waals surface area (Å²) < 4.78 is 0. The highest BCUT2D eigenvalue weighted by Crippen LogP contribution is 2.22. The summed E-state index contributed by atoms with van der Waals surface area (Å²) in [6, 6.07) is 0. The molecule has 4 nitrogen and oxygen atoms in total. The number of nitrogens with two attached hydrogens (primary N) is 1. The van der Waals surface area contributed by atoms with Crippen LogP contribution in [0.4, 0.5) is 0 Å². The average Bonchev–Trinajstić information content (AvgIpc) is 2.69. The van der Waals surface area contributed by atoms with E-state index in [0.717, 1.165) is 5.01 Å². The lowest BCUT2D eigenvalue weighted by molar-refractivity contribution is -0.125. The first-order valence-electron chi connectivity index (χ1n) is 4.89. The molecule has 0 aromatic carbocycles. The third kappa shape index (κ3) is 3.00. The van der Waals surface area contributed by atoms with Crippen LogP contribution < -0.4 is 11.1 Å². The Labute approximate surface area is 93.9 Å². The van der Waals surface area contributed by atoms with Crippen LogP contribution in [0.5, 0.6) is 0 Å². The second-order valence-electron chi connectivity index (χ2n) is 4.09. The molecule has 5 heteroatoms. The van der Waals surface area contributed by atoms with Crippen molar-refractivity contribution in [3.63, 3.8) is 0 Å². The van der Waals surface area contributed by atoms with Crippen molar-refractivity contribution in [3.05, 3.63) is 16.6 Å². The molecule has 1 amide bonds. The summed E-state index contributed by atoms with van der Waals surface area (Å²) in [6.07, 6.45) is 1.74. The Morgan fingerprint density at radius 3 is 2.87 bits per heavy atom. The van der Waals surface area contributed by atoms with Crippen molar-refractivity contribution in [2.75, 3.05) is 6.54 Å². The maximum atomic E-state index is 11.7. The third-order valence-electron chi connectivity index (χ3n) is 2.20. The van der Waals surface area contributed by atoms with E-state index in [4.69, 9.17) is 5.73 Å². The molecule has 1 unspecified atom stereocenters. The lowest BCUT2D eigenvalue weighted by Gasteiger charge is -2.25. The zero-order valence-corrected chi connectivity index (χ0v) is 10.1. The molecule has 0 saturated heterocycles. The number of amides is 1. The predicted octanol–water partition coefficient (Wildman–Crippen LogP) is 1.09. The summed E-state index contributed by atoms with van der Waals surface area (Å²) in [5.41, 5.74) is 5.01. The van der Waals surface area contributed by atoms with E-state index in [1.54, 1.807) is 6.20 Å². The fraction of sp³-hybridized carbons (Fsp3) is 0.600. The van der Waals surface area contributed by atoms with Crippen molar-refractivity contribution in [2.24, 2.45) is 11.7 Å². The van der Waals surface area contributed by atoms with Gasteiger partial charge in [0.2, 0.25) is 5.91 Å². The van der Waals surface area contributed by atoms with E-state index in [2.05, 4.69) is 10.3 Å². The quantitative estimate of drug-likeness (QED) is 0.809. The Morgan fingerprint density at radius 2 is 2.40 bits per heavy atom. The molecule has 15 heavy (non-hydrogen) atoms. The van der Waals surface area contributed by atoms with Crippen molar-refractivity contribution in [1.82, 2.24) is 10.3 Å². The molecule has 84 valence electrons. The van der Waals surface area contributed by atoms with Gasteiger partial charge < -0.3 is 11.1 Å². The van der Waals surface area contributed by atoms with Gasteiger partial charge in [-0.3, -0.25) is 4.79 Å². The molecule has 0 radical (unpaired) electrons. The van der Waals surface area contributed by atoms with Crippen LogP contribution in [0.3, 0.4) is 0 Å². The van der Waals surface area contributed by atoms with Crippen molar-refractivity contribution in [2.45, 2.75) is 26.3 Å². The van der Waals surface area contributed by atoms with Gasteiger partial charge in [-0.1, -0.05) is 6.92 Å². The number of aromatic nitrogens is 1. The molecule has 0 aliphatic rings. The molecular weight excluding hydrogens is 210 g/mol. The van der Waals surface area contributed by atoms with Gasteiger partial charge in [-0.05, 0) is 13.8 Å². The maximum Gasteiger partial charge on any atom is 0.224 e. The minimum Gasteiger partial charge on any atom is -0.344 e. The van der Waals surface area contributed by atoms with Crippen molar-refractivity contribution >= 4 is 17.2 Å². The van der Waals surface area contributed by atoms with Gasteiger partial charge >= 0.3 is 0 Å². The summed E-state index contributed by atoms with van der Waals surface area (Å²) in [5.74, 6) is -0.193. The molecule has 0 aliphatic heterocycles. The second-order valence-corrected chi connectivity index (χ2v) is 4.98. The van der Waals surface area contributed by atoms with Gasteiger partial charge in [0, 0.05) is 24.0 Å². The number of nitrogens with one attached hydrogen (secondary N) is 1. The van der Waals surface area contributed by atoms with E-state index in [0.29, 0.717) is 6.54 Å². The first-order chi connectivity index (χ1) is 6.97. The molecule has 0 bridgehead atoms. The molecule has 0 spiro atoms. The number of hydrogen-bond acceptors (Lipinski definition) is 4. The molecular formula is C10H17N3OS. The zero-order valence-electron chi connectivity index (χ0n) is 9.28. The Bertz CT molecular complexity index is 321. The maximum absolute atomic E-state index is 11.7. The van der Waals surface area contributed by atoms with Gasteiger partial charge in [-0.25, -0.2) is 4.98 Å².